The van der Waals surface area contributed by atoms with Gasteiger partial charge in [-0.25, -0.2) is 4.68 Å². The van der Waals surface area contributed by atoms with Crippen LogP contribution < -0.4 is 4.74 Å². The molecule has 0 bridgehead atoms. The van der Waals surface area contributed by atoms with Crippen molar-refractivity contribution < 1.29 is 29.9 Å². The first-order valence-electron chi connectivity index (χ1n) is 7.89. The Morgan fingerprint density at radius 2 is 2.00 bits per heavy atom. The molecule has 3 rings (SSSR count). The molecule has 0 saturated carbocycles. The number of aryl methyl sites for hydroxylation is 1. The Morgan fingerprint density at radius 3 is 2.72 bits per heavy atom. The predicted molar refractivity (Wildman–Crippen MR) is 83.3 cm³/mol. The van der Waals surface area contributed by atoms with E-state index < -0.39 is 37.3 Å². The van der Waals surface area contributed by atoms with Gasteiger partial charge in [-0.3, -0.25) is 0 Å². The predicted octanol–water partition coefficient (Wildman–Crippen LogP) is -1.46. The third kappa shape index (κ3) is 3.48. The van der Waals surface area contributed by atoms with Gasteiger partial charge >= 0.3 is 0 Å². The standard InChI is InChI=1S/C15H20N4O6/c1-2-19-14(16-17-18-19)8-4-3-5-9(6-8)24-15-13(23)12(22)11(21)10(7-20)25-15/h3-6,10-13,15,20-23H,2,7H2,1H3/t10-,11-,12+,13-,15-/m1/s1. The highest BCUT2D eigenvalue weighted by Gasteiger charge is 2.44. The topological polar surface area (TPSA) is 143 Å². The van der Waals surface area contributed by atoms with Crippen molar-refractivity contribution in [3.63, 3.8) is 0 Å². The molecule has 5 atom stereocenters. The first-order valence-corrected chi connectivity index (χ1v) is 7.89. The Balaban J connectivity index is 1.80. The van der Waals surface area contributed by atoms with Crippen LogP contribution in [0.4, 0.5) is 0 Å². The molecule has 0 amide bonds. The number of ether oxygens (including phenoxy) is 2. The van der Waals surface area contributed by atoms with E-state index in [4.69, 9.17) is 9.47 Å². The van der Waals surface area contributed by atoms with Gasteiger partial charge in [0.05, 0.1) is 6.61 Å². The van der Waals surface area contributed by atoms with Crippen molar-refractivity contribution in [2.24, 2.45) is 0 Å². The normalized spacial score (nSPS) is 29.6. The minimum atomic E-state index is -1.49. The van der Waals surface area contributed by atoms with E-state index in [0.717, 1.165) is 0 Å². The molecule has 25 heavy (non-hydrogen) atoms. The van der Waals surface area contributed by atoms with E-state index >= 15 is 0 Å². The summed E-state index contributed by atoms with van der Waals surface area (Å²) in [6.07, 6.45) is -6.67. The maximum absolute atomic E-state index is 10.0. The van der Waals surface area contributed by atoms with E-state index in [9.17, 15) is 20.4 Å². The second-order valence-electron chi connectivity index (χ2n) is 5.66. The molecule has 2 aromatic rings. The van der Waals surface area contributed by atoms with E-state index in [2.05, 4.69) is 15.5 Å². The fraction of sp³-hybridized carbons (Fsp3) is 0.533. The SMILES string of the molecule is CCn1nnnc1-c1cccc(O[C@@H]2O[C@H](CO)[C@@H](O)[C@H](O)[C@H]2O)c1. The number of aromatic nitrogens is 4. The van der Waals surface area contributed by atoms with Crippen LogP contribution in [0.3, 0.4) is 0 Å². The zero-order chi connectivity index (χ0) is 18.0. The van der Waals surface area contributed by atoms with Crippen LogP contribution in [-0.2, 0) is 11.3 Å². The highest BCUT2D eigenvalue weighted by Crippen LogP contribution is 2.27. The maximum Gasteiger partial charge on any atom is 0.229 e. The number of hydrogen-bond donors (Lipinski definition) is 4. The monoisotopic (exact) mass is 352 g/mol. The van der Waals surface area contributed by atoms with Gasteiger partial charge in [-0.05, 0) is 29.5 Å². The van der Waals surface area contributed by atoms with Crippen molar-refractivity contribution >= 4 is 0 Å². The minimum absolute atomic E-state index is 0.354. The molecule has 4 N–H and O–H groups in total. The fourth-order valence-electron chi connectivity index (χ4n) is 2.63. The molecule has 0 aliphatic carbocycles. The summed E-state index contributed by atoms with van der Waals surface area (Å²) < 4.78 is 12.5. The Bertz CT molecular complexity index is 709. The van der Waals surface area contributed by atoms with Gasteiger partial charge < -0.3 is 29.9 Å². The van der Waals surface area contributed by atoms with Gasteiger partial charge in [0.25, 0.3) is 0 Å². The van der Waals surface area contributed by atoms with Crippen LogP contribution in [0, 0.1) is 0 Å². The molecule has 10 nitrogen and oxygen atoms in total. The molecule has 1 saturated heterocycles. The van der Waals surface area contributed by atoms with E-state index in [1.165, 1.54) is 0 Å². The highest BCUT2D eigenvalue weighted by molar-refractivity contribution is 5.57. The zero-order valence-corrected chi connectivity index (χ0v) is 13.5. The molecule has 0 unspecified atom stereocenters. The quantitative estimate of drug-likeness (QED) is 0.507. The lowest BCUT2D eigenvalue weighted by molar-refractivity contribution is -0.277. The van der Waals surface area contributed by atoms with Crippen molar-refractivity contribution in [2.75, 3.05) is 6.61 Å². The van der Waals surface area contributed by atoms with Gasteiger partial charge in [0, 0.05) is 12.1 Å². The van der Waals surface area contributed by atoms with Crippen molar-refractivity contribution in [1.82, 2.24) is 20.2 Å². The van der Waals surface area contributed by atoms with Crippen LogP contribution >= 0.6 is 0 Å². The molecule has 1 aliphatic heterocycles. The van der Waals surface area contributed by atoms with E-state index in [1.54, 1.807) is 28.9 Å². The average molecular weight is 352 g/mol. The van der Waals surface area contributed by atoms with Gasteiger partial charge in [0.15, 0.2) is 5.82 Å². The van der Waals surface area contributed by atoms with E-state index in [0.29, 0.717) is 23.7 Å². The molecule has 2 heterocycles. The smallest absolute Gasteiger partial charge is 0.229 e. The molecule has 0 spiro atoms. The molecule has 10 heteroatoms. The number of tetrazole rings is 1. The lowest BCUT2D eigenvalue weighted by Gasteiger charge is -2.39. The average Bonchev–Trinajstić information content (AvgIpc) is 3.11. The second kappa shape index (κ2) is 7.42. The number of hydrogen-bond acceptors (Lipinski definition) is 9. The van der Waals surface area contributed by atoms with Crippen LogP contribution in [0.1, 0.15) is 6.92 Å². The fourth-order valence-corrected chi connectivity index (χ4v) is 2.63. The molecule has 1 fully saturated rings. The van der Waals surface area contributed by atoms with Crippen molar-refractivity contribution in [3.05, 3.63) is 24.3 Å². The van der Waals surface area contributed by atoms with E-state index in [-0.39, 0.29) is 0 Å². The Morgan fingerprint density at radius 1 is 1.20 bits per heavy atom. The largest absolute Gasteiger partial charge is 0.462 e. The first kappa shape index (κ1) is 17.7. The lowest BCUT2D eigenvalue weighted by atomic mass is 9.99. The molecule has 1 aromatic heterocycles. The van der Waals surface area contributed by atoms with Crippen molar-refractivity contribution in [3.8, 4) is 17.1 Å². The summed E-state index contributed by atoms with van der Waals surface area (Å²) in [5, 5.41) is 50.3. The zero-order valence-electron chi connectivity index (χ0n) is 13.5. The Kier molecular flexibility index (Phi) is 5.25. The lowest BCUT2D eigenvalue weighted by Crippen LogP contribution is -2.60. The number of rotatable bonds is 5. The third-order valence-corrected chi connectivity index (χ3v) is 4.02. The molecular formula is C15H20N4O6. The van der Waals surface area contributed by atoms with Crippen LogP contribution in [0.2, 0.25) is 0 Å². The van der Waals surface area contributed by atoms with Crippen LogP contribution in [0.15, 0.2) is 24.3 Å². The molecule has 136 valence electrons. The van der Waals surface area contributed by atoms with Gasteiger partial charge in [-0.1, -0.05) is 12.1 Å². The van der Waals surface area contributed by atoms with Crippen LogP contribution in [0.25, 0.3) is 11.4 Å². The second-order valence-corrected chi connectivity index (χ2v) is 5.66. The number of nitrogens with zero attached hydrogens (tertiary/aromatic N) is 4. The summed E-state index contributed by atoms with van der Waals surface area (Å²) in [5.74, 6) is 0.911. The number of benzene rings is 1. The minimum Gasteiger partial charge on any atom is -0.462 e. The highest BCUT2D eigenvalue weighted by atomic mass is 16.7. The summed E-state index contributed by atoms with van der Waals surface area (Å²) in [5.41, 5.74) is 0.703. The Hall–Kier alpha value is -2.11. The maximum atomic E-state index is 10.0. The molecule has 0 radical (unpaired) electrons. The number of aliphatic hydroxyl groups excluding tert-OH is 4. The van der Waals surface area contributed by atoms with Crippen LogP contribution in [-0.4, -0.2) is 77.9 Å². The summed E-state index contributed by atoms with van der Waals surface area (Å²) in [6.45, 7) is 1.99. The summed E-state index contributed by atoms with van der Waals surface area (Å²) >= 11 is 0. The Labute approximate surface area is 143 Å². The van der Waals surface area contributed by atoms with E-state index in [1.807, 2.05) is 6.92 Å². The number of aliphatic hydroxyl groups is 4. The van der Waals surface area contributed by atoms with Gasteiger partial charge in [-0.2, -0.15) is 0 Å². The first-order chi connectivity index (χ1) is 12.0. The summed E-state index contributed by atoms with van der Waals surface area (Å²) in [7, 11) is 0. The van der Waals surface area contributed by atoms with Gasteiger partial charge in [0.1, 0.15) is 30.2 Å². The van der Waals surface area contributed by atoms with Crippen LogP contribution in [0.5, 0.6) is 5.75 Å². The van der Waals surface area contributed by atoms with Gasteiger partial charge in [-0.15, -0.1) is 5.10 Å². The van der Waals surface area contributed by atoms with Gasteiger partial charge in [0.2, 0.25) is 6.29 Å². The third-order valence-electron chi connectivity index (χ3n) is 4.02. The summed E-state index contributed by atoms with van der Waals surface area (Å²) in [6, 6.07) is 6.84. The van der Waals surface area contributed by atoms with Crippen molar-refractivity contribution in [1.29, 1.82) is 0 Å². The summed E-state index contributed by atoms with van der Waals surface area (Å²) in [4.78, 5) is 0. The molecular weight excluding hydrogens is 332 g/mol. The molecule has 1 aliphatic rings. The van der Waals surface area contributed by atoms with Crippen molar-refractivity contribution in [2.45, 2.75) is 44.2 Å². The molecule has 1 aromatic carbocycles.